The molecule has 0 aliphatic carbocycles. The molecular weight excluding hydrogens is 960 g/mol. The van der Waals surface area contributed by atoms with E-state index in [4.69, 9.17) is 9.05 Å². The van der Waals surface area contributed by atoms with Crippen LogP contribution >= 0.6 is 7.82 Å². The molecule has 442 valence electrons. The third-order valence-corrected chi connectivity index (χ3v) is 15.1. The first-order valence-corrected chi connectivity index (χ1v) is 33.5. The lowest BCUT2D eigenvalue weighted by molar-refractivity contribution is -0.870. The lowest BCUT2D eigenvalue weighted by Crippen LogP contribution is -2.45. The Bertz CT molecular complexity index is 1510. The quantitative estimate of drug-likeness (QED) is 0.0243. The first kappa shape index (κ1) is 73.7. The molecule has 0 aliphatic rings. The Morgan fingerprint density at radius 1 is 0.461 bits per heavy atom. The molecule has 3 unspecified atom stereocenters. The second-order valence-corrected chi connectivity index (χ2v) is 24.2. The SMILES string of the molecule is CC/C=C\C/C=C\C/C=C\C/C=C\CCCCCCCCCCCCCCCCCCCCCCCCCCCCCCC(=O)NC(COP(=O)(O)OCC[N+](C)(C)C)C(O)/C=C/CC/C=C/CC/C=C/CCCCC. The van der Waals surface area contributed by atoms with E-state index in [0.717, 1.165) is 77.0 Å². The number of nitrogens with one attached hydrogen (secondary N) is 1. The second kappa shape index (κ2) is 57.4. The number of hydrogen-bond acceptors (Lipinski definition) is 5. The minimum atomic E-state index is -4.36. The van der Waals surface area contributed by atoms with Gasteiger partial charge in [0, 0.05) is 6.42 Å². The van der Waals surface area contributed by atoms with E-state index in [1.165, 1.54) is 186 Å². The standard InChI is InChI=1S/C67H123N2O6P/c1-6-8-10-12-14-16-18-20-21-22-23-24-25-26-27-28-29-30-31-32-33-34-35-36-37-38-39-40-41-42-43-44-45-46-47-49-51-53-55-57-59-61-67(71)68-65(64-75-76(72,73)74-63-62-69(3,4)5)66(70)60-58-56-54-52-50-48-19-17-15-13-11-9-7-2/h8,10,14-17,20-21,23-24,50,52,58,60,65-66,70H,6-7,9,11-13,18-19,22,25-49,51,53-57,59,61-64H2,1-5H3,(H-,68,71,72,73)/p+1/b10-8-,16-14-,17-15+,21-20-,24-23-,52-50+,60-58+. The molecule has 0 heterocycles. The molecule has 0 fully saturated rings. The number of quaternary nitrogens is 1. The van der Waals surface area contributed by atoms with Crippen molar-refractivity contribution in [2.24, 2.45) is 0 Å². The van der Waals surface area contributed by atoms with Gasteiger partial charge in [-0.1, -0.05) is 279 Å². The highest BCUT2D eigenvalue weighted by Crippen LogP contribution is 2.43. The van der Waals surface area contributed by atoms with Gasteiger partial charge in [0.1, 0.15) is 13.2 Å². The third kappa shape index (κ3) is 59.3. The van der Waals surface area contributed by atoms with Crippen LogP contribution < -0.4 is 5.32 Å². The van der Waals surface area contributed by atoms with E-state index in [2.05, 4.69) is 92.1 Å². The second-order valence-electron chi connectivity index (χ2n) is 22.7. The number of unbranched alkanes of at least 4 members (excludes halogenated alkanes) is 33. The lowest BCUT2D eigenvalue weighted by atomic mass is 10.0. The summed E-state index contributed by atoms with van der Waals surface area (Å²) in [7, 11) is 1.55. The lowest BCUT2D eigenvalue weighted by Gasteiger charge is -2.25. The molecule has 8 nitrogen and oxygen atoms in total. The molecule has 0 rings (SSSR count). The average molecular weight is 1080 g/mol. The summed E-state index contributed by atoms with van der Waals surface area (Å²) in [5.41, 5.74) is 0. The van der Waals surface area contributed by atoms with E-state index in [9.17, 15) is 19.4 Å². The number of rotatable bonds is 58. The first-order chi connectivity index (χ1) is 37.0. The molecule has 3 atom stereocenters. The number of hydrogen-bond donors (Lipinski definition) is 3. The number of amides is 1. The summed E-state index contributed by atoms with van der Waals surface area (Å²) in [4.78, 5) is 23.3. The molecule has 0 aliphatic heterocycles. The number of phosphoric ester groups is 1. The summed E-state index contributed by atoms with van der Waals surface area (Å²) in [5.74, 6) is -0.189. The molecule has 0 saturated carbocycles. The highest BCUT2D eigenvalue weighted by molar-refractivity contribution is 7.47. The Labute approximate surface area is 471 Å². The van der Waals surface area contributed by atoms with Crippen LogP contribution in [0.4, 0.5) is 0 Å². The molecule has 3 N–H and O–H groups in total. The number of phosphoric acid groups is 1. The van der Waals surface area contributed by atoms with Crippen LogP contribution in [0, 0.1) is 0 Å². The highest BCUT2D eigenvalue weighted by atomic mass is 31.2. The van der Waals surface area contributed by atoms with Gasteiger partial charge in [-0.2, -0.15) is 0 Å². The van der Waals surface area contributed by atoms with Gasteiger partial charge in [-0.05, 0) is 83.5 Å². The predicted molar refractivity (Wildman–Crippen MR) is 332 cm³/mol. The summed E-state index contributed by atoms with van der Waals surface area (Å²) in [6.07, 6.45) is 81.7. The number of carbonyl (C=O) groups is 1. The normalized spacial score (nSPS) is 14.4. The Balaban J connectivity index is 3.87. The topological polar surface area (TPSA) is 105 Å². The van der Waals surface area contributed by atoms with Crippen LogP contribution in [0.2, 0.25) is 0 Å². The number of nitrogens with zero attached hydrogens (tertiary/aromatic N) is 1. The molecule has 0 aromatic heterocycles. The number of likely N-dealkylation sites (N-methyl/N-ethyl adjacent to an activating group) is 1. The molecule has 0 aromatic carbocycles. The molecule has 1 amide bonds. The van der Waals surface area contributed by atoms with E-state index in [1.54, 1.807) is 6.08 Å². The molecule has 9 heteroatoms. The van der Waals surface area contributed by atoms with Crippen molar-refractivity contribution in [3.8, 4) is 0 Å². The van der Waals surface area contributed by atoms with Crippen molar-refractivity contribution in [2.75, 3.05) is 40.9 Å². The average Bonchev–Trinajstić information content (AvgIpc) is 3.38. The fourth-order valence-corrected chi connectivity index (χ4v) is 9.86. The summed E-state index contributed by atoms with van der Waals surface area (Å²) < 4.78 is 23.6. The van der Waals surface area contributed by atoms with Crippen molar-refractivity contribution in [2.45, 2.75) is 296 Å². The zero-order chi connectivity index (χ0) is 55.6. The zero-order valence-corrected chi connectivity index (χ0v) is 51.4. The number of carbonyl (C=O) groups excluding carboxylic acids is 1. The Kier molecular flexibility index (Phi) is 55.6. The van der Waals surface area contributed by atoms with Crippen molar-refractivity contribution in [3.05, 3.63) is 85.1 Å². The number of allylic oxidation sites excluding steroid dienone is 13. The minimum Gasteiger partial charge on any atom is -0.387 e. The van der Waals surface area contributed by atoms with E-state index in [1.807, 2.05) is 27.2 Å². The Morgan fingerprint density at radius 3 is 1.21 bits per heavy atom. The maximum atomic E-state index is 13.0. The fraction of sp³-hybridized carbons (Fsp3) is 0.776. The van der Waals surface area contributed by atoms with Crippen LogP contribution in [0.25, 0.3) is 0 Å². The van der Waals surface area contributed by atoms with Gasteiger partial charge in [0.15, 0.2) is 0 Å². The van der Waals surface area contributed by atoms with Crippen LogP contribution in [0.1, 0.15) is 284 Å². The number of aliphatic hydroxyl groups is 1. The Hall–Kier alpha value is -2.32. The predicted octanol–water partition coefficient (Wildman–Crippen LogP) is 20.0. The minimum absolute atomic E-state index is 0.0528. The summed E-state index contributed by atoms with van der Waals surface area (Å²) in [6, 6.07) is -0.870. The number of aliphatic hydroxyl groups excluding tert-OH is 1. The van der Waals surface area contributed by atoms with Gasteiger partial charge >= 0.3 is 7.82 Å². The van der Waals surface area contributed by atoms with Gasteiger partial charge in [-0.3, -0.25) is 13.8 Å². The van der Waals surface area contributed by atoms with Crippen LogP contribution in [0.15, 0.2) is 85.1 Å². The van der Waals surface area contributed by atoms with Gasteiger partial charge in [0.05, 0.1) is 39.9 Å². The van der Waals surface area contributed by atoms with Gasteiger partial charge < -0.3 is 19.8 Å². The maximum absolute atomic E-state index is 13.0. The zero-order valence-electron chi connectivity index (χ0n) is 50.5. The van der Waals surface area contributed by atoms with Gasteiger partial charge in [-0.15, -0.1) is 0 Å². The smallest absolute Gasteiger partial charge is 0.387 e. The third-order valence-electron chi connectivity index (χ3n) is 14.1. The molecule has 0 spiro atoms. The van der Waals surface area contributed by atoms with Crippen molar-refractivity contribution < 1.29 is 32.9 Å². The van der Waals surface area contributed by atoms with E-state index in [0.29, 0.717) is 17.4 Å². The van der Waals surface area contributed by atoms with E-state index < -0.39 is 20.0 Å². The summed E-state index contributed by atoms with van der Waals surface area (Å²) in [5, 5.41) is 13.9. The van der Waals surface area contributed by atoms with Crippen LogP contribution in [-0.2, 0) is 18.4 Å². The van der Waals surface area contributed by atoms with Crippen molar-refractivity contribution in [1.82, 2.24) is 5.32 Å². The maximum Gasteiger partial charge on any atom is 0.472 e. The molecule has 0 bridgehead atoms. The van der Waals surface area contributed by atoms with Crippen molar-refractivity contribution in [1.29, 1.82) is 0 Å². The van der Waals surface area contributed by atoms with Gasteiger partial charge in [-0.25, -0.2) is 4.57 Å². The molecule has 76 heavy (non-hydrogen) atoms. The van der Waals surface area contributed by atoms with Crippen LogP contribution in [-0.4, -0.2) is 73.4 Å². The Morgan fingerprint density at radius 2 is 0.803 bits per heavy atom. The largest absolute Gasteiger partial charge is 0.472 e. The fourth-order valence-electron chi connectivity index (χ4n) is 9.13. The van der Waals surface area contributed by atoms with Gasteiger partial charge in [0.2, 0.25) is 5.91 Å². The molecular formula is C67H124N2O6P+. The summed E-state index contributed by atoms with van der Waals surface area (Å²) >= 11 is 0. The molecule has 0 saturated heterocycles. The van der Waals surface area contributed by atoms with E-state index >= 15 is 0 Å². The first-order valence-electron chi connectivity index (χ1n) is 32.0. The monoisotopic (exact) mass is 1080 g/mol. The van der Waals surface area contributed by atoms with Crippen LogP contribution in [0.3, 0.4) is 0 Å². The van der Waals surface area contributed by atoms with Crippen molar-refractivity contribution >= 4 is 13.7 Å². The summed E-state index contributed by atoms with van der Waals surface area (Å²) in [6.45, 7) is 4.65. The molecule has 0 aromatic rings. The van der Waals surface area contributed by atoms with Crippen molar-refractivity contribution in [3.63, 3.8) is 0 Å². The molecule has 0 radical (unpaired) electrons. The van der Waals surface area contributed by atoms with Crippen LogP contribution in [0.5, 0.6) is 0 Å². The van der Waals surface area contributed by atoms with E-state index in [-0.39, 0.29) is 19.1 Å². The van der Waals surface area contributed by atoms with Gasteiger partial charge in [0.25, 0.3) is 0 Å². The highest BCUT2D eigenvalue weighted by Gasteiger charge is 2.27.